The van der Waals surface area contributed by atoms with Crippen LogP contribution in [0.5, 0.6) is 0 Å². The van der Waals surface area contributed by atoms with Crippen LogP contribution in [0.1, 0.15) is 33.3 Å². The second-order valence-corrected chi connectivity index (χ2v) is 5.00. The molecule has 0 unspecified atom stereocenters. The van der Waals surface area contributed by atoms with E-state index in [4.69, 9.17) is 0 Å². The molecule has 1 aromatic carbocycles. The van der Waals surface area contributed by atoms with Crippen LogP contribution >= 0.6 is 0 Å². The van der Waals surface area contributed by atoms with Crippen LogP contribution in [-0.2, 0) is 6.18 Å². The molecule has 122 valence electrons. The summed E-state index contributed by atoms with van der Waals surface area (Å²) in [7, 11) is 0. The first kappa shape index (κ1) is 17.0. The first-order valence-corrected chi connectivity index (χ1v) is 6.84. The summed E-state index contributed by atoms with van der Waals surface area (Å²) in [6.07, 6.45) is -4.67. The van der Waals surface area contributed by atoms with Gasteiger partial charge in [0.25, 0.3) is 5.91 Å². The molecule has 23 heavy (non-hydrogen) atoms. The summed E-state index contributed by atoms with van der Waals surface area (Å²) >= 11 is 0. The monoisotopic (exact) mass is 324 g/mol. The van der Waals surface area contributed by atoms with Crippen molar-refractivity contribution in [2.75, 3.05) is 6.54 Å². The van der Waals surface area contributed by atoms with Gasteiger partial charge in [-0.1, -0.05) is 18.2 Å². The molecule has 0 bridgehead atoms. The van der Waals surface area contributed by atoms with Gasteiger partial charge in [-0.25, -0.2) is 0 Å². The van der Waals surface area contributed by atoms with Crippen molar-refractivity contribution < 1.29 is 23.1 Å². The Morgan fingerprint density at radius 3 is 2.57 bits per heavy atom. The third-order valence-electron chi connectivity index (χ3n) is 3.25. The molecule has 0 fully saturated rings. The van der Waals surface area contributed by atoms with Crippen molar-refractivity contribution in [2.24, 2.45) is 0 Å². The fourth-order valence-corrected chi connectivity index (χ4v) is 2.05. The summed E-state index contributed by atoms with van der Waals surface area (Å²) in [6.45, 7) is 1.43. The minimum absolute atomic E-state index is 0.270. The van der Waals surface area contributed by atoms with Crippen LogP contribution in [-0.4, -0.2) is 22.5 Å². The number of pyridine rings is 1. The predicted octanol–water partition coefficient (Wildman–Crippen LogP) is 2.87. The van der Waals surface area contributed by atoms with Gasteiger partial charge >= 0.3 is 6.18 Å². The minimum atomic E-state index is -4.57. The van der Waals surface area contributed by atoms with Crippen LogP contribution < -0.4 is 5.32 Å². The molecule has 1 amide bonds. The number of halogens is 3. The molecule has 2 N–H and O–H groups in total. The highest BCUT2D eigenvalue weighted by atomic mass is 19.4. The van der Waals surface area contributed by atoms with Crippen molar-refractivity contribution in [3.63, 3.8) is 0 Å². The molecular formula is C16H15F3N2O2. The lowest BCUT2D eigenvalue weighted by atomic mass is 10.0. The number of alkyl halides is 3. The third kappa shape index (κ3) is 4.29. The Bertz CT molecular complexity index is 684. The molecule has 0 aliphatic heterocycles. The highest BCUT2D eigenvalue weighted by Gasteiger charge is 2.34. The van der Waals surface area contributed by atoms with Crippen LogP contribution in [0.15, 0.2) is 42.6 Å². The Morgan fingerprint density at radius 1 is 1.26 bits per heavy atom. The minimum Gasteiger partial charge on any atom is -0.387 e. The first-order chi connectivity index (χ1) is 10.8. The maximum absolute atomic E-state index is 12.9. The Hall–Kier alpha value is -2.41. The fraction of sp³-hybridized carbons (Fsp3) is 0.250. The van der Waals surface area contributed by atoms with E-state index in [1.807, 2.05) is 0 Å². The summed E-state index contributed by atoms with van der Waals surface area (Å²) in [5.41, 5.74) is -0.186. The summed E-state index contributed by atoms with van der Waals surface area (Å²) in [5.74, 6) is -0.513. The van der Waals surface area contributed by atoms with Gasteiger partial charge in [0.2, 0.25) is 0 Å². The van der Waals surface area contributed by atoms with Gasteiger partial charge in [-0.15, -0.1) is 0 Å². The van der Waals surface area contributed by atoms with E-state index in [2.05, 4.69) is 10.3 Å². The summed E-state index contributed by atoms with van der Waals surface area (Å²) in [6, 6.07) is 7.92. The van der Waals surface area contributed by atoms with Gasteiger partial charge in [0.1, 0.15) is 0 Å². The largest absolute Gasteiger partial charge is 0.416 e. The number of nitrogens with zero attached hydrogens (tertiary/aromatic N) is 1. The molecule has 0 saturated carbocycles. The van der Waals surface area contributed by atoms with Gasteiger partial charge in [-0.05, 0) is 30.7 Å². The van der Waals surface area contributed by atoms with Crippen LogP contribution in [0.3, 0.4) is 0 Å². The molecular weight excluding hydrogens is 309 g/mol. The number of aromatic nitrogens is 1. The smallest absolute Gasteiger partial charge is 0.387 e. The van der Waals surface area contributed by atoms with Crippen LogP contribution in [0.2, 0.25) is 0 Å². The number of aliphatic hydroxyl groups excluding tert-OH is 1. The van der Waals surface area contributed by atoms with Crippen molar-refractivity contribution in [1.29, 1.82) is 0 Å². The molecule has 0 radical (unpaired) electrons. The number of nitrogens with one attached hydrogen (secondary N) is 1. The van der Waals surface area contributed by atoms with E-state index in [1.54, 1.807) is 19.1 Å². The van der Waals surface area contributed by atoms with E-state index in [9.17, 15) is 23.1 Å². The lowest BCUT2D eigenvalue weighted by Crippen LogP contribution is -2.29. The molecule has 1 heterocycles. The first-order valence-electron chi connectivity index (χ1n) is 6.84. The maximum atomic E-state index is 12.9. The van der Waals surface area contributed by atoms with Crippen molar-refractivity contribution in [3.8, 4) is 0 Å². The van der Waals surface area contributed by atoms with Gasteiger partial charge < -0.3 is 10.4 Å². The molecule has 0 spiro atoms. The number of aliphatic hydroxyl groups is 1. The van der Waals surface area contributed by atoms with Gasteiger partial charge in [-0.2, -0.15) is 13.2 Å². The predicted molar refractivity (Wildman–Crippen MR) is 77.7 cm³/mol. The Kier molecular flexibility index (Phi) is 5.00. The standard InChI is InChI=1S/C16H15F3N2O2/c1-10-6-7-11(8-20-10)15(23)21-9-14(22)12-4-2-3-5-13(12)16(17,18)19/h2-8,14,22H,9H2,1H3,(H,21,23)/t14-/m0/s1. The molecule has 0 saturated heterocycles. The molecule has 0 aliphatic rings. The fourth-order valence-electron chi connectivity index (χ4n) is 2.05. The van der Waals surface area contributed by atoms with E-state index in [0.29, 0.717) is 0 Å². The summed E-state index contributed by atoms with van der Waals surface area (Å²) < 4.78 is 38.7. The van der Waals surface area contributed by atoms with Gasteiger partial charge in [0.05, 0.1) is 17.2 Å². The normalized spacial score (nSPS) is 12.7. The number of aryl methyl sites for hydroxylation is 1. The molecule has 0 aliphatic carbocycles. The van der Waals surface area contributed by atoms with E-state index >= 15 is 0 Å². The number of carbonyl (C=O) groups excluding carboxylic acids is 1. The summed E-state index contributed by atoms with van der Waals surface area (Å²) in [5, 5.41) is 12.4. The van der Waals surface area contributed by atoms with Crippen LogP contribution in [0.4, 0.5) is 13.2 Å². The average molecular weight is 324 g/mol. The Labute approximate surface area is 131 Å². The number of hydrogen-bond acceptors (Lipinski definition) is 3. The second-order valence-electron chi connectivity index (χ2n) is 5.00. The molecule has 7 heteroatoms. The molecule has 1 atom stereocenters. The number of rotatable bonds is 4. The molecule has 2 rings (SSSR count). The molecule has 1 aromatic heterocycles. The van der Waals surface area contributed by atoms with E-state index in [0.717, 1.165) is 11.8 Å². The van der Waals surface area contributed by atoms with Crippen molar-refractivity contribution in [2.45, 2.75) is 19.2 Å². The Morgan fingerprint density at radius 2 is 1.96 bits per heavy atom. The number of amides is 1. The SMILES string of the molecule is Cc1ccc(C(=O)NC[C@H](O)c2ccccc2C(F)(F)F)cn1. The lowest BCUT2D eigenvalue weighted by molar-refractivity contribution is -0.139. The number of benzene rings is 1. The topological polar surface area (TPSA) is 62.2 Å². The van der Waals surface area contributed by atoms with Crippen molar-refractivity contribution >= 4 is 5.91 Å². The van der Waals surface area contributed by atoms with Gasteiger partial charge in [-0.3, -0.25) is 9.78 Å². The summed E-state index contributed by atoms with van der Waals surface area (Å²) in [4.78, 5) is 15.8. The third-order valence-corrected chi connectivity index (χ3v) is 3.25. The molecule has 2 aromatic rings. The van der Waals surface area contributed by atoms with Gasteiger partial charge in [0, 0.05) is 18.4 Å². The average Bonchev–Trinajstić information content (AvgIpc) is 2.52. The van der Waals surface area contributed by atoms with Crippen molar-refractivity contribution in [1.82, 2.24) is 10.3 Å². The number of carbonyl (C=O) groups is 1. The van der Waals surface area contributed by atoms with Crippen LogP contribution in [0, 0.1) is 6.92 Å². The van der Waals surface area contributed by atoms with E-state index in [-0.39, 0.29) is 17.7 Å². The van der Waals surface area contributed by atoms with E-state index < -0.39 is 23.8 Å². The van der Waals surface area contributed by atoms with E-state index in [1.165, 1.54) is 24.4 Å². The second kappa shape index (κ2) is 6.78. The quantitative estimate of drug-likeness (QED) is 0.909. The zero-order chi connectivity index (χ0) is 17.0. The number of hydrogen-bond donors (Lipinski definition) is 2. The van der Waals surface area contributed by atoms with Crippen LogP contribution in [0.25, 0.3) is 0 Å². The Balaban J connectivity index is 2.07. The van der Waals surface area contributed by atoms with Crippen molar-refractivity contribution in [3.05, 3.63) is 65.0 Å². The maximum Gasteiger partial charge on any atom is 0.416 e. The highest BCUT2D eigenvalue weighted by Crippen LogP contribution is 2.34. The zero-order valence-corrected chi connectivity index (χ0v) is 12.3. The lowest BCUT2D eigenvalue weighted by Gasteiger charge is -2.17. The molecule has 4 nitrogen and oxygen atoms in total. The zero-order valence-electron chi connectivity index (χ0n) is 12.3. The van der Waals surface area contributed by atoms with Gasteiger partial charge in [0.15, 0.2) is 0 Å². The highest BCUT2D eigenvalue weighted by molar-refractivity contribution is 5.93.